The topological polar surface area (TPSA) is 55.0 Å². The number of ether oxygens (including phenoxy) is 1. The van der Waals surface area contributed by atoms with E-state index in [0.717, 1.165) is 11.8 Å². The molecule has 0 saturated carbocycles. The number of alkyl halides is 3. The van der Waals surface area contributed by atoms with Crippen LogP contribution < -0.4 is 5.56 Å². The summed E-state index contributed by atoms with van der Waals surface area (Å²) in [5.41, 5.74) is -1.97. The van der Waals surface area contributed by atoms with Gasteiger partial charge in [0, 0.05) is 25.5 Å². The van der Waals surface area contributed by atoms with Crippen molar-refractivity contribution in [1.82, 2.24) is 9.97 Å². The van der Waals surface area contributed by atoms with Gasteiger partial charge in [-0.25, -0.2) is 4.98 Å². The zero-order chi connectivity index (χ0) is 12.9. The number of hydrogen-bond donors (Lipinski definition) is 1. The van der Waals surface area contributed by atoms with Crippen LogP contribution in [0.2, 0.25) is 0 Å². The quantitative estimate of drug-likeness (QED) is 0.503. The Labute approximate surface area is 99.6 Å². The van der Waals surface area contributed by atoms with Gasteiger partial charge >= 0.3 is 6.18 Å². The second-order valence-electron chi connectivity index (χ2n) is 3.13. The molecule has 0 radical (unpaired) electrons. The summed E-state index contributed by atoms with van der Waals surface area (Å²) in [5.74, 6) is 0.526. The minimum Gasteiger partial charge on any atom is -0.385 e. The first-order valence-corrected chi connectivity index (χ1v) is 5.72. The zero-order valence-corrected chi connectivity index (χ0v) is 9.82. The summed E-state index contributed by atoms with van der Waals surface area (Å²) in [6, 6.07) is 0.444. The average Bonchev–Trinajstić information content (AvgIpc) is 2.22. The van der Waals surface area contributed by atoms with Crippen LogP contribution in [0.5, 0.6) is 0 Å². The second kappa shape index (κ2) is 6.06. The predicted molar refractivity (Wildman–Crippen MR) is 57.1 cm³/mol. The van der Waals surface area contributed by atoms with Crippen LogP contribution in [0.25, 0.3) is 0 Å². The fraction of sp³-hybridized carbons (Fsp3) is 0.556. The highest BCUT2D eigenvalue weighted by molar-refractivity contribution is 7.99. The Morgan fingerprint density at radius 1 is 1.53 bits per heavy atom. The van der Waals surface area contributed by atoms with Crippen LogP contribution in [-0.4, -0.2) is 29.4 Å². The van der Waals surface area contributed by atoms with Crippen molar-refractivity contribution in [2.45, 2.75) is 17.8 Å². The summed E-state index contributed by atoms with van der Waals surface area (Å²) >= 11 is 1.06. The summed E-state index contributed by atoms with van der Waals surface area (Å²) in [6.45, 7) is 0.510. The Balaban J connectivity index is 2.73. The van der Waals surface area contributed by atoms with Crippen molar-refractivity contribution >= 4 is 11.8 Å². The Kier molecular flexibility index (Phi) is 5.01. The number of aromatic nitrogens is 2. The van der Waals surface area contributed by atoms with E-state index in [-0.39, 0.29) is 5.16 Å². The molecule has 96 valence electrons. The largest absolute Gasteiger partial charge is 0.433 e. The van der Waals surface area contributed by atoms with Crippen LogP contribution in [0.4, 0.5) is 13.2 Å². The number of aromatic amines is 1. The highest BCUT2D eigenvalue weighted by Crippen LogP contribution is 2.27. The molecule has 1 aromatic heterocycles. The molecular formula is C9H11F3N2O2S. The normalized spacial score (nSPS) is 11.8. The third-order valence-corrected chi connectivity index (χ3v) is 2.70. The number of rotatable bonds is 5. The molecular weight excluding hydrogens is 257 g/mol. The van der Waals surface area contributed by atoms with Gasteiger partial charge in [0.1, 0.15) is 0 Å². The summed E-state index contributed by atoms with van der Waals surface area (Å²) in [4.78, 5) is 16.6. The SMILES string of the molecule is COCCCSc1nc(C(F)(F)F)cc(=O)[nH]1. The van der Waals surface area contributed by atoms with E-state index in [1.54, 1.807) is 0 Å². The van der Waals surface area contributed by atoms with E-state index in [4.69, 9.17) is 4.74 Å². The molecule has 0 aliphatic carbocycles. The van der Waals surface area contributed by atoms with Gasteiger partial charge in [-0.1, -0.05) is 11.8 Å². The van der Waals surface area contributed by atoms with Crippen LogP contribution >= 0.6 is 11.8 Å². The zero-order valence-electron chi connectivity index (χ0n) is 9.00. The summed E-state index contributed by atoms with van der Waals surface area (Å²) < 4.78 is 41.8. The van der Waals surface area contributed by atoms with Crippen molar-refractivity contribution in [3.63, 3.8) is 0 Å². The summed E-state index contributed by atoms with van der Waals surface area (Å²) in [5, 5.41) is -0.0269. The van der Waals surface area contributed by atoms with Crippen molar-refractivity contribution < 1.29 is 17.9 Å². The standard InChI is InChI=1S/C9H11F3N2O2S/c1-16-3-2-4-17-8-13-6(9(10,11)12)5-7(15)14-8/h5H,2-4H2,1H3,(H,13,14,15). The fourth-order valence-corrected chi connectivity index (χ4v) is 1.81. The van der Waals surface area contributed by atoms with Crippen molar-refractivity contribution in [2.75, 3.05) is 19.5 Å². The van der Waals surface area contributed by atoms with Crippen molar-refractivity contribution in [3.8, 4) is 0 Å². The number of H-pyrrole nitrogens is 1. The number of halogens is 3. The van der Waals surface area contributed by atoms with E-state index in [0.29, 0.717) is 24.8 Å². The number of nitrogens with zero attached hydrogens (tertiary/aromatic N) is 1. The van der Waals surface area contributed by atoms with Gasteiger partial charge < -0.3 is 9.72 Å². The molecule has 1 rings (SSSR count). The van der Waals surface area contributed by atoms with E-state index in [2.05, 4.69) is 9.97 Å². The van der Waals surface area contributed by atoms with Crippen molar-refractivity contribution in [3.05, 3.63) is 22.1 Å². The molecule has 0 aliphatic heterocycles. The fourth-order valence-electron chi connectivity index (χ4n) is 1.02. The van der Waals surface area contributed by atoms with Gasteiger partial charge in [-0.15, -0.1) is 0 Å². The number of thioether (sulfide) groups is 1. The number of hydrogen-bond acceptors (Lipinski definition) is 4. The summed E-state index contributed by atoms with van der Waals surface area (Å²) in [6.07, 6.45) is -3.93. The molecule has 0 spiro atoms. The van der Waals surface area contributed by atoms with Crippen LogP contribution in [-0.2, 0) is 10.9 Å². The summed E-state index contributed by atoms with van der Waals surface area (Å²) in [7, 11) is 1.54. The number of methoxy groups -OCH3 is 1. The van der Waals surface area contributed by atoms with Crippen LogP contribution in [0, 0.1) is 0 Å². The molecule has 17 heavy (non-hydrogen) atoms. The highest BCUT2D eigenvalue weighted by Gasteiger charge is 2.33. The molecule has 1 aromatic rings. The van der Waals surface area contributed by atoms with Gasteiger partial charge in [-0.3, -0.25) is 4.79 Å². The molecule has 1 N–H and O–H groups in total. The molecule has 0 saturated heterocycles. The third-order valence-electron chi connectivity index (χ3n) is 1.74. The smallest absolute Gasteiger partial charge is 0.385 e. The average molecular weight is 268 g/mol. The lowest BCUT2D eigenvalue weighted by Gasteiger charge is -2.06. The first kappa shape index (κ1) is 14.0. The van der Waals surface area contributed by atoms with E-state index < -0.39 is 17.4 Å². The van der Waals surface area contributed by atoms with Crippen LogP contribution in [0.1, 0.15) is 12.1 Å². The monoisotopic (exact) mass is 268 g/mol. The van der Waals surface area contributed by atoms with Crippen LogP contribution in [0.3, 0.4) is 0 Å². The van der Waals surface area contributed by atoms with Gasteiger partial charge in [-0.2, -0.15) is 13.2 Å². The van der Waals surface area contributed by atoms with E-state index in [1.165, 1.54) is 7.11 Å². The maximum absolute atomic E-state index is 12.3. The Morgan fingerprint density at radius 2 is 2.24 bits per heavy atom. The Morgan fingerprint density at radius 3 is 2.82 bits per heavy atom. The molecule has 0 amide bonds. The molecule has 8 heteroatoms. The van der Waals surface area contributed by atoms with Crippen molar-refractivity contribution in [2.24, 2.45) is 0 Å². The Hall–Kier alpha value is -1.02. The predicted octanol–water partition coefficient (Wildman–Crippen LogP) is 1.92. The molecule has 0 atom stereocenters. The first-order valence-electron chi connectivity index (χ1n) is 4.74. The van der Waals surface area contributed by atoms with E-state index >= 15 is 0 Å². The maximum Gasteiger partial charge on any atom is 0.433 e. The first-order chi connectivity index (χ1) is 7.93. The lowest BCUT2D eigenvalue weighted by molar-refractivity contribution is -0.141. The van der Waals surface area contributed by atoms with E-state index in [9.17, 15) is 18.0 Å². The second-order valence-corrected chi connectivity index (χ2v) is 4.21. The van der Waals surface area contributed by atoms with Gasteiger partial charge in [0.05, 0.1) is 0 Å². The van der Waals surface area contributed by atoms with Crippen molar-refractivity contribution in [1.29, 1.82) is 0 Å². The molecule has 0 aromatic carbocycles. The van der Waals surface area contributed by atoms with Gasteiger partial charge in [0.25, 0.3) is 5.56 Å². The highest BCUT2D eigenvalue weighted by atomic mass is 32.2. The number of nitrogens with one attached hydrogen (secondary N) is 1. The molecule has 0 aliphatic rings. The van der Waals surface area contributed by atoms with E-state index in [1.807, 2.05) is 0 Å². The van der Waals surface area contributed by atoms with Gasteiger partial charge in [-0.05, 0) is 6.42 Å². The lowest BCUT2D eigenvalue weighted by atomic mass is 10.4. The molecule has 0 unspecified atom stereocenters. The molecule has 4 nitrogen and oxygen atoms in total. The molecule has 0 fully saturated rings. The molecule has 0 bridgehead atoms. The maximum atomic E-state index is 12.3. The Bertz CT molecular complexity index is 419. The third kappa shape index (κ3) is 4.78. The van der Waals surface area contributed by atoms with Crippen LogP contribution in [0.15, 0.2) is 16.0 Å². The lowest BCUT2D eigenvalue weighted by Crippen LogP contribution is -2.16. The minimum atomic E-state index is -4.60. The van der Waals surface area contributed by atoms with Gasteiger partial charge in [0.15, 0.2) is 10.9 Å². The van der Waals surface area contributed by atoms with Gasteiger partial charge in [0.2, 0.25) is 0 Å². The minimum absolute atomic E-state index is 0.0269. The molecule has 1 heterocycles.